The number of nitrogens with one attached hydrogen (secondary N) is 1. The highest BCUT2D eigenvalue weighted by Gasteiger charge is 2.12. The van der Waals surface area contributed by atoms with E-state index in [1.54, 1.807) is 13.0 Å². The molecule has 3 nitrogen and oxygen atoms in total. The number of rotatable bonds is 3. The smallest absolute Gasteiger partial charge is 0.207 e. The van der Waals surface area contributed by atoms with Crippen LogP contribution >= 0.6 is 0 Å². The van der Waals surface area contributed by atoms with Crippen molar-refractivity contribution >= 4 is 5.95 Å². The average Bonchev–Trinajstić information content (AvgIpc) is 2.62. The molecule has 0 aliphatic rings. The Morgan fingerprint density at radius 3 is 2.67 bits per heavy atom. The molecule has 0 aliphatic heterocycles. The number of hydrogen-bond donors (Lipinski definition) is 1. The number of imidazole rings is 1. The number of halogens is 1. The Labute approximate surface area is 107 Å². The summed E-state index contributed by atoms with van der Waals surface area (Å²) in [7, 11) is 0. The molecule has 0 amide bonds. The summed E-state index contributed by atoms with van der Waals surface area (Å²) in [5, 5.41) is 3.27. The van der Waals surface area contributed by atoms with Gasteiger partial charge in [-0.05, 0) is 39.8 Å². The minimum Gasteiger partial charge on any atom is -0.353 e. The molecule has 96 valence electrons. The van der Waals surface area contributed by atoms with Crippen LogP contribution in [0.25, 0.3) is 5.69 Å². The highest BCUT2D eigenvalue weighted by molar-refractivity contribution is 5.48. The topological polar surface area (TPSA) is 29.9 Å². The Morgan fingerprint density at radius 2 is 2.00 bits per heavy atom. The first kappa shape index (κ1) is 12.6. The van der Waals surface area contributed by atoms with Crippen LogP contribution in [-0.4, -0.2) is 15.6 Å². The van der Waals surface area contributed by atoms with Crippen LogP contribution in [0.1, 0.15) is 25.1 Å². The zero-order valence-corrected chi connectivity index (χ0v) is 11.2. The number of benzene rings is 1. The van der Waals surface area contributed by atoms with Gasteiger partial charge in [0.15, 0.2) is 0 Å². The number of hydrogen-bond acceptors (Lipinski definition) is 2. The molecule has 2 aromatic rings. The minimum absolute atomic E-state index is 0.200. The van der Waals surface area contributed by atoms with Crippen molar-refractivity contribution in [3.63, 3.8) is 0 Å². The molecule has 0 saturated heterocycles. The largest absolute Gasteiger partial charge is 0.353 e. The standard InChI is InChI=1S/C14H18FN3/c1-9(2)16-14-17-10(3)8-18(14)13-7-5-6-12(15)11(13)4/h5-9H,1-4H3,(H,16,17). The van der Waals surface area contributed by atoms with Crippen LogP contribution in [0.2, 0.25) is 0 Å². The van der Waals surface area contributed by atoms with E-state index in [0.717, 1.165) is 17.3 Å². The Hall–Kier alpha value is -1.84. The summed E-state index contributed by atoms with van der Waals surface area (Å²) in [6.07, 6.45) is 1.91. The molecule has 0 bridgehead atoms. The van der Waals surface area contributed by atoms with E-state index < -0.39 is 0 Å². The van der Waals surface area contributed by atoms with Gasteiger partial charge in [0.2, 0.25) is 5.95 Å². The van der Waals surface area contributed by atoms with Gasteiger partial charge in [-0.2, -0.15) is 0 Å². The van der Waals surface area contributed by atoms with E-state index in [2.05, 4.69) is 10.3 Å². The van der Waals surface area contributed by atoms with Gasteiger partial charge in [0.1, 0.15) is 5.82 Å². The molecule has 1 N–H and O–H groups in total. The van der Waals surface area contributed by atoms with Crippen molar-refractivity contribution in [1.29, 1.82) is 0 Å². The molecule has 1 heterocycles. The van der Waals surface area contributed by atoms with Crippen molar-refractivity contribution in [2.75, 3.05) is 5.32 Å². The highest BCUT2D eigenvalue weighted by Crippen LogP contribution is 2.22. The summed E-state index contributed by atoms with van der Waals surface area (Å²) in [5.74, 6) is 0.547. The molecule has 0 fully saturated rings. The van der Waals surface area contributed by atoms with Crippen LogP contribution in [0.4, 0.5) is 10.3 Å². The Balaban J connectivity index is 2.53. The van der Waals surface area contributed by atoms with Gasteiger partial charge in [-0.1, -0.05) is 6.07 Å². The fraction of sp³-hybridized carbons (Fsp3) is 0.357. The van der Waals surface area contributed by atoms with Gasteiger partial charge >= 0.3 is 0 Å². The van der Waals surface area contributed by atoms with Gasteiger partial charge in [-0.25, -0.2) is 9.37 Å². The van der Waals surface area contributed by atoms with Crippen molar-refractivity contribution in [2.24, 2.45) is 0 Å². The van der Waals surface area contributed by atoms with E-state index in [1.807, 2.05) is 37.6 Å². The molecule has 1 aromatic heterocycles. The summed E-state index contributed by atoms with van der Waals surface area (Å²) in [4.78, 5) is 4.43. The van der Waals surface area contributed by atoms with E-state index >= 15 is 0 Å². The number of aromatic nitrogens is 2. The summed E-state index contributed by atoms with van der Waals surface area (Å²) < 4.78 is 15.5. The second-order valence-corrected chi connectivity index (χ2v) is 4.76. The SMILES string of the molecule is Cc1cn(-c2cccc(F)c2C)c(NC(C)C)n1. The number of anilines is 1. The van der Waals surface area contributed by atoms with E-state index in [0.29, 0.717) is 5.56 Å². The van der Waals surface area contributed by atoms with Crippen LogP contribution in [0, 0.1) is 19.7 Å². The molecule has 0 aliphatic carbocycles. The van der Waals surface area contributed by atoms with Crippen molar-refractivity contribution in [3.05, 3.63) is 41.5 Å². The van der Waals surface area contributed by atoms with Crippen LogP contribution in [0.3, 0.4) is 0 Å². The molecule has 4 heteroatoms. The lowest BCUT2D eigenvalue weighted by atomic mass is 10.2. The van der Waals surface area contributed by atoms with Gasteiger partial charge in [0.25, 0.3) is 0 Å². The fourth-order valence-corrected chi connectivity index (χ4v) is 1.90. The molecule has 1 aromatic carbocycles. The van der Waals surface area contributed by atoms with Crippen molar-refractivity contribution in [1.82, 2.24) is 9.55 Å². The molecule has 2 rings (SSSR count). The average molecular weight is 247 g/mol. The van der Waals surface area contributed by atoms with Crippen LogP contribution < -0.4 is 5.32 Å². The monoisotopic (exact) mass is 247 g/mol. The van der Waals surface area contributed by atoms with Crippen LogP contribution in [0.15, 0.2) is 24.4 Å². The van der Waals surface area contributed by atoms with Gasteiger partial charge in [-0.3, -0.25) is 4.57 Å². The summed E-state index contributed by atoms with van der Waals surface area (Å²) >= 11 is 0. The van der Waals surface area contributed by atoms with E-state index in [9.17, 15) is 4.39 Å². The first-order valence-corrected chi connectivity index (χ1v) is 6.07. The molecule has 0 atom stereocenters. The van der Waals surface area contributed by atoms with Gasteiger partial charge in [0, 0.05) is 17.8 Å². The predicted molar refractivity (Wildman–Crippen MR) is 71.8 cm³/mol. The predicted octanol–water partition coefficient (Wildman–Crippen LogP) is 3.45. The maximum absolute atomic E-state index is 13.6. The second-order valence-electron chi connectivity index (χ2n) is 4.76. The zero-order valence-electron chi connectivity index (χ0n) is 11.2. The lowest BCUT2D eigenvalue weighted by Gasteiger charge is -2.14. The molecule has 0 saturated carbocycles. The molecule has 18 heavy (non-hydrogen) atoms. The van der Waals surface area contributed by atoms with Crippen molar-refractivity contribution in [3.8, 4) is 5.69 Å². The van der Waals surface area contributed by atoms with Crippen LogP contribution in [0.5, 0.6) is 0 Å². The Morgan fingerprint density at radius 1 is 1.28 bits per heavy atom. The normalized spacial score (nSPS) is 11.0. The van der Waals surface area contributed by atoms with E-state index in [-0.39, 0.29) is 11.9 Å². The Bertz CT molecular complexity index is 558. The number of nitrogens with zero attached hydrogens (tertiary/aromatic N) is 2. The highest BCUT2D eigenvalue weighted by atomic mass is 19.1. The first-order chi connectivity index (χ1) is 8.49. The molecule has 0 spiro atoms. The zero-order chi connectivity index (χ0) is 13.3. The minimum atomic E-state index is -0.200. The lowest BCUT2D eigenvalue weighted by molar-refractivity contribution is 0.617. The number of aryl methyl sites for hydroxylation is 1. The maximum atomic E-state index is 13.6. The third-order valence-electron chi connectivity index (χ3n) is 2.74. The summed E-state index contributed by atoms with van der Waals surface area (Å²) in [6.45, 7) is 7.80. The third-order valence-corrected chi connectivity index (χ3v) is 2.74. The summed E-state index contributed by atoms with van der Waals surface area (Å²) in [5.41, 5.74) is 2.35. The molecular weight excluding hydrogens is 229 g/mol. The van der Waals surface area contributed by atoms with Crippen molar-refractivity contribution < 1.29 is 4.39 Å². The molecular formula is C14H18FN3. The van der Waals surface area contributed by atoms with E-state index in [1.165, 1.54) is 6.07 Å². The summed E-state index contributed by atoms with van der Waals surface area (Å²) in [6, 6.07) is 5.36. The molecule has 0 radical (unpaired) electrons. The first-order valence-electron chi connectivity index (χ1n) is 6.07. The van der Waals surface area contributed by atoms with Crippen molar-refractivity contribution in [2.45, 2.75) is 33.7 Å². The van der Waals surface area contributed by atoms with E-state index in [4.69, 9.17) is 0 Å². The fourth-order valence-electron chi connectivity index (χ4n) is 1.90. The molecule has 0 unspecified atom stereocenters. The van der Waals surface area contributed by atoms with Gasteiger partial charge < -0.3 is 5.32 Å². The Kier molecular flexibility index (Phi) is 3.36. The van der Waals surface area contributed by atoms with Gasteiger partial charge in [-0.15, -0.1) is 0 Å². The van der Waals surface area contributed by atoms with Crippen LogP contribution in [-0.2, 0) is 0 Å². The maximum Gasteiger partial charge on any atom is 0.207 e. The quantitative estimate of drug-likeness (QED) is 0.900. The third kappa shape index (κ3) is 2.37. The second kappa shape index (κ2) is 4.80. The lowest BCUT2D eigenvalue weighted by Crippen LogP contribution is -2.14. The van der Waals surface area contributed by atoms with Gasteiger partial charge in [0.05, 0.1) is 11.4 Å².